The van der Waals surface area contributed by atoms with E-state index in [0.717, 1.165) is 0 Å². The second-order valence-electron chi connectivity index (χ2n) is 3.64. The summed E-state index contributed by atoms with van der Waals surface area (Å²) in [5, 5.41) is 10.7. The molecule has 0 atom stereocenters. The summed E-state index contributed by atoms with van der Waals surface area (Å²) >= 11 is 6.05. The molecule has 16 heavy (non-hydrogen) atoms. The van der Waals surface area contributed by atoms with E-state index in [2.05, 4.69) is 9.97 Å². The Labute approximate surface area is 97.9 Å². The Morgan fingerprint density at radius 1 is 1.31 bits per heavy atom. The Bertz CT molecular complexity index is 529. The highest BCUT2D eigenvalue weighted by Gasteiger charge is 2.13. The minimum Gasteiger partial charge on any atom is -0.506 e. The molecule has 0 spiro atoms. The summed E-state index contributed by atoms with van der Waals surface area (Å²) in [6.07, 6.45) is 1.33. The number of phenols is 1. The summed E-state index contributed by atoms with van der Waals surface area (Å²) in [5.41, 5.74) is 0.401. The molecular weight excluding hydrogens is 228 g/mol. The van der Waals surface area contributed by atoms with Crippen LogP contribution in [0.15, 0.2) is 18.5 Å². The van der Waals surface area contributed by atoms with Gasteiger partial charge in [-0.2, -0.15) is 0 Å². The molecule has 84 valence electrons. The molecular formula is C11H11ClN2O2. The van der Waals surface area contributed by atoms with E-state index in [0.29, 0.717) is 21.8 Å². The number of ether oxygens (including phenoxy) is 1. The Hall–Kier alpha value is -1.55. The van der Waals surface area contributed by atoms with Crippen LogP contribution in [0.1, 0.15) is 13.8 Å². The summed E-state index contributed by atoms with van der Waals surface area (Å²) in [4.78, 5) is 8.00. The molecule has 0 radical (unpaired) electrons. The molecule has 2 aromatic rings. The SMILES string of the molecule is CC(C)Oc1ncnc2c(O)ccc(Cl)c12. The second kappa shape index (κ2) is 4.14. The maximum atomic E-state index is 9.65. The molecule has 0 saturated carbocycles. The van der Waals surface area contributed by atoms with Crippen LogP contribution < -0.4 is 4.74 Å². The van der Waals surface area contributed by atoms with Crippen molar-refractivity contribution in [2.75, 3.05) is 0 Å². The van der Waals surface area contributed by atoms with E-state index in [1.54, 1.807) is 6.07 Å². The molecule has 4 nitrogen and oxygen atoms in total. The van der Waals surface area contributed by atoms with Gasteiger partial charge in [-0.05, 0) is 26.0 Å². The van der Waals surface area contributed by atoms with Gasteiger partial charge in [-0.25, -0.2) is 9.97 Å². The number of hydrogen-bond donors (Lipinski definition) is 1. The molecule has 1 aromatic carbocycles. The summed E-state index contributed by atoms with van der Waals surface area (Å²) in [6.45, 7) is 3.79. The number of nitrogens with zero attached hydrogens (tertiary/aromatic N) is 2. The van der Waals surface area contributed by atoms with E-state index in [-0.39, 0.29) is 11.9 Å². The van der Waals surface area contributed by atoms with Crippen LogP contribution in [0.3, 0.4) is 0 Å². The molecule has 0 aliphatic rings. The first-order valence-electron chi connectivity index (χ1n) is 4.88. The van der Waals surface area contributed by atoms with Gasteiger partial charge in [0.2, 0.25) is 5.88 Å². The zero-order valence-electron chi connectivity index (χ0n) is 8.94. The van der Waals surface area contributed by atoms with Crippen molar-refractivity contribution in [2.45, 2.75) is 20.0 Å². The van der Waals surface area contributed by atoms with Gasteiger partial charge in [-0.15, -0.1) is 0 Å². The van der Waals surface area contributed by atoms with Gasteiger partial charge in [0.05, 0.1) is 16.5 Å². The maximum absolute atomic E-state index is 9.65. The van der Waals surface area contributed by atoms with Crippen LogP contribution in [0.25, 0.3) is 10.9 Å². The Morgan fingerprint density at radius 3 is 2.75 bits per heavy atom. The standard InChI is InChI=1S/C11H11ClN2O2/c1-6(2)16-11-9-7(12)3-4-8(15)10(9)13-5-14-11/h3-6,15H,1-2H3. The third-order valence-electron chi connectivity index (χ3n) is 2.03. The molecule has 2 rings (SSSR count). The molecule has 5 heteroatoms. The first-order valence-corrected chi connectivity index (χ1v) is 5.26. The lowest BCUT2D eigenvalue weighted by Gasteiger charge is -2.11. The van der Waals surface area contributed by atoms with Crippen LogP contribution in [-0.4, -0.2) is 21.2 Å². The molecule has 0 bridgehead atoms. The first-order chi connectivity index (χ1) is 7.59. The summed E-state index contributed by atoms with van der Waals surface area (Å²) in [7, 11) is 0. The fourth-order valence-corrected chi connectivity index (χ4v) is 1.64. The van der Waals surface area contributed by atoms with E-state index >= 15 is 0 Å². The number of aromatic nitrogens is 2. The van der Waals surface area contributed by atoms with Crippen molar-refractivity contribution >= 4 is 22.5 Å². The Balaban J connectivity index is 2.71. The Kier molecular flexibility index (Phi) is 2.83. The minimum atomic E-state index is -0.0171. The lowest BCUT2D eigenvalue weighted by molar-refractivity contribution is 0.235. The van der Waals surface area contributed by atoms with Crippen LogP contribution >= 0.6 is 11.6 Å². The monoisotopic (exact) mass is 238 g/mol. The number of hydrogen-bond acceptors (Lipinski definition) is 4. The number of phenolic OH excluding ortho intramolecular Hbond substituents is 1. The van der Waals surface area contributed by atoms with Gasteiger partial charge in [-0.3, -0.25) is 0 Å². The van der Waals surface area contributed by atoms with Gasteiger partial charge >= 0.3 is 0 Å². The quantitative estimate of drug-likeness (QED) is 0.874. The third-order valence-corrected chi connectivity index (χ3v) is 2.34. The van der Waals surface area contributed by atoms with Crippen LogP contribution in [0.5, 0.6) is 11.6 Å². The van der Waals surface area contributed by atoms with Crippen molar-refractivity contribution < 1.29 is 9.84 Å². The highest BCUT2D eigenvalue weighted by Crippen LogP contribution is 2.34. The maximum Gasteiger partial charge on any atom is 0.226 e. The smallest absolute Gasteiger partial charge is 0.226 e. The van der Waals surface area contributed by atoms with Crippen LogP contribution in [-0.2, 0) is 0 Å². The minimum absolute atomic E-state index is 0.0171. The van der Waals surface area contributed by atoms with Gasteiger partial charge in [-0.1, -0.05) is 11.6 Å². The zero-order chi connectivity index (χ0) is 11.7. The molecule has 1 N–H and O–H groups in total. The summed E-state index contributed by atoms with van der Waals surface area (Å²) < 4.78 is 5.52. The van der Waals surface area contributed by atoms with Gasteiger partial charge in [0.25, 0.3) is 0 Å². The highest BCUT2D eigenvalue weighted by atomic mass is 35.5. The molecule has 0 unspecified atom stereocenters. The number of fused-ring (bicyclic) bond motifs is 1. The summed E-state index contributed by atoms with van der Waals surface area (Å²) in [6, 6.07) is 3.09. The zero-order valence-corrected chi connectivity index (χ0v) is 9.69. The molecule has 0 fully saturated rings. The average Bonchev–Trinajstić information content (AvgIpc) is 2.23. The van der Waals surface area contributed by atoms with Crippen molar-refractivity contribution in [2.24, 2.45) is 0 Å². The van der Waals surface area contributed by atoms with Gasteiger partial charge in [0.1, 0.15) is 17.6 Å². The molecule has 1 aromatic heterocycles. The van der Waals surface area contributed by atoms with E-state index in [1.807, 2.05) is 13.8 Å². The van der Waals surface area contributed by atoms with E-state index in [4.69, 9.17) is 16.3 Å². The van der Waals surface area contributed by atoms with E-state index in [1.165, 1.54) is 12.4 Å². The van der Waals surface area contributed by atoms with Crippen molar-refractivity contribution in [3.8, 4) is 11.6 Å². The predicted octanol–water partition coefficient (Wildman–Crippen LogP) is 2.78. The van der Waals surface area contributed by atoms with Crippen LogP contribution in [0.2, 0.25) is 5.02 Å². The number of benzene rings is 1. The fourth-order valence-electron chi connectivity index (χ4n) is 1.41. The number of aromatic hydroxyl groups is 1. The normalized spacial score (nSPS) is 11.0. The largest absolute Gasteiger partial charge is 0.506 e. The van der Waals surface area contributed by atoms with Gasteiger partial charge in [0.15, 0.2) is 0 Å². The summed E-state index contributed by atoms with van der Waals surface area (Å²) in [5.74, 6) is 0.455. The molecule has 0 aliphatic carbocycles. The van der Waals surface area contributed by atoms with Crippen LogP contribution in [0.4, 0.5) is 0 Å². The highest BCUT2D eigenvalue weighted by molar-refractivity contribution is 6.36. The first kappa shape index (κ1) is 11.0. The topological polar surface area (TPSA) is 55.2 Å². The molecule has 0 saturated heterocycles. The van der Waals surface area contributed by atoms with Crippen molar-refractivity contribution in [1.29, 1.82) is 0 Å². The third kappa shape index (κ3) is 1.88. The van der Waals surface area contributed by atoms with Gasteiger partial charge in [0, 0.05) is 0 Å². The molecule has 0 aliphatic heterocycles. The Morgan fingerprint density at radius 2 is 2.06 bits per heavy atom. The molecule has 1 heterocycles. The molecule has 0 amide bonds. The lowest BCUT2D eigenvalue weighted by Crippen LogP contribution is -2.07. The average molecular weight is 239 g/mol. The van der Waals surface area contributed by atoms with E-state index in [9.17, 15) is 5.11 Å². The van der Waals surface area contributed by atoms with Gasteiger partial charge < -0.3 is 9.84 Å². The lowest BCUT2D eigenvalue weighted by atomic mass is 10.2. The van der Waals surface area contributed by atoms with Crippen molar-refractivity contribution in [3.63, 3.8) is 0 Å². The predicted molar refractivity (Wildman–Crippen MR) is 62.0 cm³/mol. The van der Waals surface area contributed by atoms with Crippen molar-refractivity contribution in [3.05, 3.63) is 23.5 Å². The van der Waals surface area contributed by atoms with E-state index < -0.39 is 0 Å². The fraction of sp³-hybridized carbons (Fsp3) is 0.273. The van der Waals surface area contributed by atoms with Crippen LogP contribution in [0, 0.1) is 0 Å². The van der Waals surface area contributed by atoms with Crippen molar-refractivity contribution in [1.82, 2.24) is 9.97 Å². The number of rotatable bonds is 2. The second-order valence-corrected chi connectivity index (χ2v) is 4.04. The number of halogens is 1.